The Labute approximate surface area is 206 Å². The first-order chi connectivity index (χ1) is 17.2. The van der Waals surface area contributed by atoms with Crippen molar-refractivity contribution in [3.63, 3.8) is 0 Å². The van der Waals surface area contributed by atoms with E-state index in [1.807, 2.05) is 11.6 Å². The van der Waals surface area contributed by atoms with Crippen LogP contribution in [0.15, 0.2) is 36.0 Å². The molecule has 1 atom stereocenters. The highest BCUT2D eigenvalue weighted by atomic mass is 32.1. The van der Waals surface area contributed by atoms with Crippen molar-refractivity contribution in [2.75, 3.05) is 18.8 Å². The summed E-state index contributed by atoms with van der Waals surface area (Å²) in [5.41, 5.74) is 12.0. The van der Waals surface area contributed by atoms with Crippen molar-refractivity contribution in [1.29, 1.82) is 0 Å². The number of fused-ring (bicyclic) bond motifs is 2. The molecule has 1 aliphatic carbocycles. The fraction of sp³-hybridized carbons (Fsp3) is 0.308. The van der Waals surface area contributed by atoms with Crippen LogP contribution in [0.2, 0.25) is 0 Å². The quantitative estimate of drug-likeness (QED) is 0.381. The number of pyridine rings is 1. The number of aromatic nitrogens is 6. The lowest BCUT2D eigenvalue weighted by molar-refractivity contribution is 0.506. The average molecular weight is 481 g/mol. The molecule has 0 radical (unpaired) electrons. The van der Waals surface area contributed by atoms with Crippen molar-refractivity contribution in [1.82, 2.24) is 34.6 Å². The zero-order chi connectivity index (χ0) is 23.5. The minimum Gasteiger partial charge on any atom is -0.383 e. The van der Waals surface area contributed by atoms with E-state index in [0.29, 0.717) is 17.4 Å². The van der Waals surface area contributed by atoms with Gasteiger partial charge in [-0.15, -0.1) is 11.3 Å². The molecule has 2 fully saturated rings. The van der Waals surface area contributed by atoms with Crippen LogP contribution in [0.4, 0.5) is 5.82 Å². The van der Waals surface area contributed by atoms with E-state index in [9.17, 15) is 0 Å². The predicted molar refractivity (Wildman–Crippen MR) is 138 cm³/mol. The molecule has 1 saturated heterocycles. The molecular weight excluding hydrogens is 456 g/mol. The number of imidazole rings is 1. The van der Waals surface area contributed by atoms with Gasteiger partial charge in [0.05, 0.1) is 33.5 Å². The van der Waals surface area contributed by atoms with Crippen LogP contribution >= 0.6 is 11.3 Å². The zero-order valence-electron chi connectivity index (χ0n) is 19.3. The molecule has 9 heteroatoms. The third-order valence-corrected chi connectivity index (χ3v) is 7.79. The highest BCUT2D eigenvalue weighted by Gasteiger charge is 2.29. The van der Waals surface area contributed by atoms with Crippen LogP contribution in [0.25, 0.3) is 32.5 Å². The summed E-state index contributed by atoms with van der Waals surface area (Å²) in [6.07, 6.45) is 7.08. The van der Waals surface area contributed by atoms with Gasteiger partial charge in [0.1, 0.15) is 22.3 Å². The fourth-order valence-corrected chi connectivity index (χ4v) is 5.69. The summed E-state index contributed by atoms with van der Waals surface area (Å²) in [4.78, 5) is 13.9. The van der Waals surface area contributed by atoms with E-state index in [0.717, 1.165) is 57.6 Å². The van der Waals surface area contributed by atoms with Gasteiger partial charge in [-0.2, -0.15) is 5.10 Å². The van der Waals surface area contributed by atoms with Crippen molar-refractivity contribution in [3.05, 3.63) is 53.1 Å². The number of nitrogen functional groups attached to an aromatic ring is 1. The van der Waals surface area contributed by atoms with Gasteiger partial charge in [0.15, 0.2) is 0 Å². The Hall–Kier alpha value is -3.74. The molecule has 0 bridgehead atoms. The molecule has 3 N–H and O–H groups in total. The molecule has 1 aromatic carbocycles. The molecule has 35 heavy (non-hydrogen) atoms. The first-order valence-electron chi connectivity index (χ1n) is 11.9. The predicted octanol–water partition coefficient (Wildman–Crippen LogP) is 3.84. The Kier molecular flexibility index (Phi) is 4.65. The van der Waals surface area contributed by atoms with E-state index in [4.69, 9.17) is 15.8 Å². The molecule has 5 heterocycles. The molecule has 7 rings (SSSR count). The maximum atomic E-state index is 6.41. The first kappa shape index (κ1) is 20.6. The van der Waals surface area contributed by atoms with Gasteiger partial charge in [-0.05, 0) is 49.9 Å². The second-order valence-electron chi connectivity index (χ2n) is 9.31. The van der Waals surface area contributed by atoms with Gasteiger partial charge in [-0.25, -0.2) is 15.0 Å². The van der Waals surface area contributed by atoms with E-state index in [-0.39, 0.29) is 6.04 Å². The Morgan fingerprint density at radius 3 is 2.86 bits per heavy atom. The molecular formula is C26H24N8S. The number of hydrogen-bond acceptors (Lipinski definition) is 7. The van der Waals surface area contributed by atoms with Crippen LogP contribution in [0.5, 0.6) is 0 Å². The molecule has 1 aliphatic heterocycles. The summed E-state index contributed by atoms with van der Waals surface area (Å²) in [7, 11) is 2.10. The van der Waals surface area contributed by atoms with Crippen molar-refractivity contribution in [2.24, 2.45) is 7.05 Å². The standard InChI is InChI=1S/C26H24N8S/c1-33-21-7-3-15(12-20(21)31-25(33)16-4-5-16)2-6-19-22-23(34(32-19)17-8-9-28-13-17)18(14-30-24(22)27)26-29-10-11-35-26/h3,7,10-12,14,16-17,28H,4-5,8-9,13H2,1H3,(H2,27,30). The minimum atomic E-state index is 0.235. The van der Waals surface area contributed by atoms with E-state index in [1.165, 1.54) is 18.7 Å². The summed E-state index contributed by atoms with van der Waals surface area (Å²) < 4.78 is 4.29. The number of hydrogen-bond donors (Lipinski definition) is 2. The second-order valence-corrected chi connectivity index (χ2v) is 10.2. The van der Waals surface area contributed by atoms with Crippen LogP contribution in [0.3, 0.4) is 0 Å². The van der Waals surface area contributed by atoms with Crippen LogP contribution in [-0.4, -0.2) is 42.4 Å². The summed E-state index contributed by atoms with van der Waals surface area (Å²) >= 11 is 1.58. The normalized spacial score (nSPS) is 17.8. The van der Waals surface area contributed by atoms with Gasteiger partial charge in [-0.1, -0.05) is 5.92 Å². The van der Waals surface area contributed by atoms with Crippen LogP contribution in [0, 0.1) is 11.8 Å². The number of anilines is 1. The van der Waals surface area contributed by atoms with Gasteiger partial charge < -0.3 is 15.6 Å². The summed E-state index contributed by atoms with van der Waals surface area (Å²) in [6, 6.07) is 6.46. The van der Waals surface area contributed by atoms with Gasteiger partial charge in [0, 0.05) is 42.8 Å². The third-order valence-electron chi connectivity index (χ3n) is 6.98. The Morgan fingerprint density at radius 2 is 2.09 bits per heavy atom. The molecule has 174 valence electrons. The largest absolute Gasteiger partial charge is 0.383 e. The van der Waals surface area contributed by atoms with Crippen LogP contribution in [-0.2, 0) is 7.05 Å². The molecule has 8 nitrogen and oxygen atoms in total. The van der Waals surface area contributed by atoms with E-state index in [1.54, 1.807) is 17.5 Å². The lowest BCUT2D eigenvalue weighted by Crippen LogP contribution is -2.15. The molecule has 1 unspecified atom stereocenters. The van der Waals surface area contributed by atoms with Crippen LogP contribution < -0.4 is 11.1 Å². The van der Waals surface area contributed by atoms with Gasteiger partial charge >= 0.3 is 0 Å². The highest BCUT2D eigenvalue weighted by molar-refractivity contribution is 7.13. The first-order valence-corrected chi connectivity index (χ1v) is 12.8. The smallest absolute Gasteiger partial charge is 0.147 e. The van der Waals surface area contributed by atoms with Gasteiger partial charge in [0.2, 0.25) is 0 Å². The van der Waals surface area contributed by atoms with Crippen molar-refractivity contribution >= 4 is 39.1 Å². The number of aryl methyl sites for hydroxylation is 1. The van der Waals surface area contributed by atoms with Crippen LogP contribution in [0.1, 0.15) is 48.3 Å². The lowest BCUT2D eigenvalue weighted by atomic mass is 10.1. The maximum absolute atomic E-state index is 6.41. The van der Waals surface area contributed by atoms with Gasteiger partial charge in [0.25, 0.3) is 0 Å². The lowest BCUT2D eigenvalue weighted by Gasteiger charge is -2.12. The topological polar surface area (TPSA) is 99.5 Å². The summed E-state index contributed by atoms with van der Waals surface area (Å²) in [5.74, 6) is 8.84. The summed E-state index contributed by atoms with van der Waals surface area (Å²) in [5, 5.41) is 12.1. The zero-order valence-corrected chi connectivity index (χ0v) is 20.1. The number of thiazole rings is 1. The molecule has 2 aliphatic rings. The monoisotopic (exact) mass is 480 g/mol. The van der Waals surface area contributed by atoms with Crippen molar-refractivity contribution in [2.45, 2.75) is 31.2 Å². The summed E-state index contributed by atoms with van der Waals surface area (Å²) in [6.45, 7) is 1.83. The third kappa shape index (κ3) is 3.40. The SMILES string of the molecule is Cn1c(C2CC2)nc2cc(C#Cc3nn(C4CCNC4)c4c(-c5nccs5)cnc(N)c34)ccc21. The van der Waals surface area contributed by atoms with E-state index >= 15 is 0 Å². The molecule has 0 amide bonds. The number of benzene rings is 1. The number of nitrogens with zero attached hydrogens (tertiary/aromatic N) is 6. The minimum absolute atomic E-state index is 0.235. The average Bonchev–Trinajstić information content (AvgIpc) is 3.28. The Balaban J connectivity index is 1.37. The van der Waals surface area contributed by atoms with Crippen molar-refractivity contribution in [3.8, 4) is 22.4 Å². The second kappa shape index (κ2) is 7.90. The fourth-order valence-electron chi connectivity index (χ4n) is 5.04. The number of rotatable bonds is 3. The Bertz CT molecular complexity index is 1640. The Morgan fingerprint density at radius 1 is 1.17 bits per heavy atom. The highest BCUT2D eigenvalue weighted by Crippen LogP contribution is 2.40. The molecule has 5 aromatic rings. The number of nitrogens with one attached hydrogen (secondary N) is 1. The molecule has 1 saturated carbocycles. The van der Waals surface area contributed by atoms with Crippen molar-refractivity contribution < 1.29 is 0 Å². The van der Waals surface area contributed by atoms with Gasteiger partial charge in [-0.3, -0.25) is 4.68 Å². The van der Waals surface area contributed by atoms with E-state index in [2.05, 4.69) is 61.6 Å². The number of nitrogens with two attached hydrogens (primary N) is 1. The molecule has 4 aromatic heterocycles. The van der Waals surface area contributed by atoms with E-state index < -0.39 is 0 Å². The molecule has 0 spiro atoms. The maximum Gasteiger partial charge on any atom is 0.147 e.